The minimum atomic E-state index is -0.223. The highest BCUT2D eigenvalue weighted by Gasteiger charge is 2.21. The molecule has 4 rings (SSSR count). The molecule has 0 aliphatic rings. The van der Waals surface area contributed by atoms with E-state index < -0.39 is 0 Å². The number of nitrogens with one attached hydrogen (secondary N) is 1. The summed E-state index contributed by atoms with van der Waals surface area (Å²) in [4.78, 5) is 17.5. The van der Waals surface area contributed by atoms with Crippen molar-refractivity contribution in [2.75, 3.05) is 20.8 Å². The number of nitrogens with zero attached hydrogens (tertiary/aromatic N) is 1. The number of carbonyl (C=O) groups excluding carboxylic acids is 1. The number of methoxy groups -OCH3 is 2. The van der Waals surface area contributed by atoms with Crippen molar-refractivity contribution in [1.82, 2.24) is 10.3 Å². The Hall–Kier alpha value is -2.97. The van der Waals surface area contributed by atoms with Crippen LogP contribution in [-0.4, -0.2) is 31.7 Å². The van der Waals surface area contributed by atoms with Crippen LogP contribution in [0.1, 0.15) is 27.4 Å². The third kappa shape index (κ3) is 4.92. The lowest BCUT2D eigenvalue weighted by Gasteiger charge is -2.11. The van der Waals surface area contributed by atoms with Crippen molar-refractivity contribution in [3.63, 3.8) is 0 Å². The molecule has 0 saturated heterocycles. The summed E-state index contributed by atoms with van der Waals surface area (Å²) in [7, 11) is 3.24. The van der Waals surface area contributed by atoms with Crippen LogP contribution >= 0.6 is 23.1 Å². The molecule has 2 aromatic heterocycles. The first-order chi connectivity index (χ1) is 15.6. The number of amides is 1. The van der Waals surface area contributed by atoms with Crippen molar-refractivity contribution in [2.24, 2.45) is 0 Å². The number of aryl methyl sites for hydroxylation is 1. The second kappa shape index (κ2) is 10.1. The smallest absolute Gasteiger partial charge is 0.287 e. The van der Waals surface area contributed by atoms with Gasteiger partial charge >= 0.3 is 0 Å². The Labute approximate surface area is 194 Å². The molecule has 166 valence electrons. The van der Waals surface area contributed by atoms with Gasteiger partial charge in [0.15, 0.2) is 5.76 Å². The number of fused-ring (bicyclic) bond motifs is 1. The highest BCUT2D eigenvalue weighted by Crippen LogP contribution is 2.33. The quantitative estimate of drug-likeness (QED) is 0.328. The highest BCUT2D eigenvalue weighted by molar-refractivity contribution is 8.00. The number of hydrogen-bond donors (Lipinski definition) is 1. The maximum Gasteiger partial charge on any atom is 0.287 e. The molecule has 4 aromatic rings. The Morgan fingerprint density at radius 3 is 2.78 bits per heavy atom. The van der Waals surface area contributed by atoms with Crippen molar-refractivity contribution >= 4 is 40.0 Å². The molecule has 0 spiro atoms. The third-order valence-corrected chi connectivity index (χ3v) is 7.18. The van der Waals surface area contributed by atoms with E-state index in [-0.39, 0.29) is 5.91 Å². The second-order valence-electron chi connectivity index (χ2n) is 7.13. The Kier molecular flexibility index (Phi) is 7.02. The summed E-state index contributed by atoms with van der Waals surface area (Å²) in [5, 5.41) is 5.97. The van der Waals surface area contributed by atoms with Gasteiger partial charge in [-0.3, -0.25) is 4.79 Å². The fourth-order valence-electron chi connectivity index (χ4n) is 3.41. The largest absolute Gasteiger partial charge is 0.497 e. The van der Waals surface area contributed by atoms with Gasteiger partial charge in [0.25, 0.3) is 5.91 Å². The van der Waals surface area contributed by atoms with Crippen molar-refractivity contribution in [3.8, 4) is 11.5 Å². The molecular weight excluding hydrogens is 444 g/mol. The molecule has 0 radical (unpaired) electrons. The van der Waals surface area contributed by atoms with E-state index in [1.807, 2.05) is 54.8 Å². The summed E-state index contributed by atoms with van der Waals surface area (Å²) in [5.74, 6) is 2.21. The Balaban J connectivity index is 1.48. The maximum atomic E-state index is 13.0. The van der Waals surface area contributed by atoms with Gasteiger partial charge < -0.3 is 19.2 Å². The lowest BCUT2D eigenvalue weighted by molar-refractivity contribution is 0.0927. The van der Waals surface area contributed by atoms with E-state index in [4.69, 9.17) is 13.9 Å². The van der Waals surface area contributed by atoms with Gasteiger partial charge in [0.2, 0.25) is 0 Å². The van der Waals surface area contributed by atoms with Crippen LogP contribution in [0, 0.1) is 6.92 Å². The van der Waals surface area contributed by atoms with Crippen LogP contribution in [0.15, 0.2) is 56.6 Å². The number of thiazole rings is 1. The SMILES string of the molecule is COc1ccc(CCNC(=O)c2oc3ccccc3c2CSc2nc(C)cs2)c(OC)c1. The number of carbonyl (C=O) groups is 1. The number of rotatable bonds is 9. The molecule has 0 aliphatic carbocycles. The zero-order valence-corrected chi connectivity index (χ0v) is 19.8. The molecule has 0 saturated carbocycles. The van der Waals surface area contributed by atoms with Gasteiger partial charge in [-0.15, -0.1) is 11.3 Å². The van der Waals surface area contributed by atoms with Crippen LogP contribution in [0.25, 0.3) is 11.0 Å². The molecule has 0 aliphatic heterocycles. The summed E-state index contributed by atoms with van der Waals surface area (Å²) >= 11 is 3.22. The highest BCUT2D eigenvalue weighted by atomic mass is 32.2. The molecule has 0 bridgehead atoms. The zero-order valence-electron chi connectivity index (χ0n) is 18.1. The van der Waals surface area contributed by atoms with Crippen LogP contribution in [0.2, 0.25) is 0 Å². The van der Waals surface area contributed by atoms with Crippen LogP contribution in [0.5, 0.6) is 11.5 Å². The van der Waals surface area contributed by atoms with Crippen molar-refractivity contribution < 1.29 is 18.7 Å². The molecule has 1 N–H and O–H groups in total. The Bertz CT molecular complexity index is 1230. The number of benzene rings is 2. The summed E-state index contributed by atoms with van der Waals surface area (Å²) in [5.41, 5.74) is 3.59. The van der Waals surface area contributed by atoms with Gasteiger partial charge in [-0.1, -0.05) is 36.0 Å². The van der Waals surface area contributed by atoms with Gasteiger partial charge in [0.1, 0.15) is 21.4 Å². The lowest BCUT2D eigenvalue weighted by Crippen LogP contribution is -2.26. The molecule has 2 heterocycles. The van der Waals surface area contributed by atoms with Crippen molar-refractivity contribution in [1.29, 1.82) is 0 Å². The van der Waals surface area contributed by atoms with Crippen LogP contribution in [0.3, 0.4) is 0 Å². The van der Waals surface area contributed by atoms with Gasteiger partial charge in [0, 0.05) is 40.4 Å². The maximum absolute atomic E-state index is 13.0. The van der Waals surface area contributed by atoms with Crippen LogP contribution < -0.4 is 14.8 Å². The summed E-state index contributed by atoms with van der Waals surface area (Å²) in [6.07, 6.45) is 0.627. The molecule has 8 heteroatoms. The predicted molar refractivity (Wildman–Crippen MR) is 128 cm³/mol. The first-order valence-corrected chi connectivity index (χ1v) is 12.0. The zero-order chi connectivity index (χ0) is 22.5. The number of ether oxygens (including phenoxy) is 2. The molecule has 32 heavy (non-hydrogen) atoms. The normalized spacial score (nSPS) is 11.0. The van der Waals surface area contributed by atoms with Crippen LogP contribution in [0.4, 0.5) is 0 Å². The molecule has 0 fully saturated rings. The molecule has 0 unspecified atom stereocenters. The fourth-order valence-corrected chi connectivity index (χ4v) is 5.28. The second-order valence-corrected chi connectivity index (χ2v) is 9.21. The molecular formula is C24H24N2O4S2. The average Bonchev–Trinajstić information content (AvgIpc) is 3.40. The standard InChI is InChI=1S/C24H24N2O4S2/c1-15-13-31-24(26-15)32-14-19-18-6-4-5-7-20(18)30-22(19)23(27)25-11-10-16-8-9-17(28-2)12-21(16)29-3/h4-9,12-13H,10-11,14H2,1-3H3,(H,25,27). The third-order valence-electron chi connectivity index (χ3n) is 5.02. The number of thioether (sulfide) groups is 1. The van der Waals surface area contributed by atoms with Gasteiger partial charge in [-0.25, -0.2) is 4.98 Å². The molecule has 0 atom stereocenters. The minimum absolute atomic E-state index is 0.223. The molecule has 2 aromatic carbocycles. The van der Waals surface area contributed by atoms with E-state index in [2.05, 4.69) is 10.3 Å². The Morgan fingerprint density at radius 1 is 1.19 bits per heavy atom. The number of furan rings is 1. The van der Waals surface area contributed by atoms with Crippen LogP contribution in [-0.2, 0) is 12.2 Å². The van der Waals surface area contributed by atoms with E-state index in [0.29, 0.717) is 30.1 Å². The molecule has 1 amide bonds. The summed E-state index contributed by atoms with van der Waals surface area (Å²) < 4.78 is 17.6. The van der Waals surface area contributed by atoms with Crippen molar-refractivity contribution in [3.05, 3.63) is 70.4 Å². The average molecular weight is 469 g/mol. The number of aromatic nitrogens is 1. The van der Waals surface area contributed by atoms with Gasteiger partial charge in [-0.05, 0) is 31.0 Å². The Morgan fingerprint density at radius 2 is 2.03 bits per heavy atom. The molecule has 6 nitrogen and oxygen atoms in total. The predicted octanol–water partition coefficient (Wildman–Crippen LogP) is 5.48. The van der Waals surface area contributed by atoms with E-state index in [1.54, 1.807) is 37.3 Å². The first-order valence-electron chi connectivity index (χ1n) is 10.1. The monoisotopic (exact) mass is 468 g/mol. The summed E-state index contributed by atoms with van der Waals surface area (Å²) in [6, 6.07) is 13.4. The van der Waals surface area contributed by atoms with E-state index in [0.717, 1.165) is 38.0 Å². The van der Waals surface area contributed by atoms with E-state index in [1.165, 1.54) is 0 Å². The van der Waals surface area contributed by atoms with E-state index in [9.17, 15) is 4.79 Å². The fraction of sp³-hybridized carbons (Fsp3) is 0.250. The topological polar surface area (TPSA) is 73.6 Å². The van der Waals surface area contributed by atoms with E-state index >= 15 is 0 Å². The summed E-state index contributed by atoms with van der Waals surface area (Å²) in [6.45, 7) is 2.43. The first kappa shape index (κ1) is 22.2. The number of hydrogen-bond acceptors (Lipinski definition) is 7. The number of para-hydroxylation sites is 1. The van der Waals surface area contributed by atoms with Crippen molar-refractivity contribution in [2.45, 2.75) is 23.4 Å². The van der Waals surface area contributed by atoms with Gasteiger partial charge in [-0.2, -0.15) is 0 Å². The van der Waals surface area contributed by atoms with Gasteiger partial charge in [0.05, 0.1) is 14.2 Å². The minimum Gasteiger partial charge on any atom is -0.497 e. The lowest BCUT2D eigenvalue weighted by atomic mass is 10.1.